The number of hydrogen-bond acceptors (Lipinski definition) is 4. The minimum absolute atomic E-state index is 0.0406. The molecule has 22 heavy (non-hydrogen) atoms. The average molecular weight is 358 g/mol. The van der Waals surface area contributed by atoms with E-state index in [0.717, 1.165) is 15.7 Å². The molecule has 1 N–H and O–H groups in total. The maximum Gasteiger partial charge on any atom is 0.293 e. The zero-order valence-corrected chi connectivity index (χ0v) is 13.1. The molecule has 0 bridgehead atoms. The van der Waals surface area contributed by atoms with E-state index >= 15 is 0 Å². The van der Waals surface area contributed by atoms with Crippen LogP contribution in [0.15, 0.2) is 59.1 Å². The quantitative estimate of drug-likeness (QED) is 0.777. The van der Waals surface area contributed by atoms with Crippen molar-refractivity contribution in [1.29, 1.82) is 0 Å². The van der Waals surface area contributed by atoms with Gasteiger partial charge in [0.05, 0.1) is 5.69 Å². The van der Waals surface area contributed by atoms with E-state index in [4.69, 9.17) is 0 Å². The first-order valence-electron chi connectivity index (χ1n) is 6.60. The highest BCUT2D eigenvalue weighted by atomic mass is 79.9. The van der Waals surface area contributed by atoms with Gasteiger partial charge in [-0.15, -0.1) is 15.0 Å². The van der Waals surface area contributed by atoms with Crippen molar-refractivity contribution in [2.24, 2.45) is 0 Å². The van der Waals surface area contributed by atoms with Gasteiger partial charge in [0, 0.05) is 11.0 Å². The molecular weight excluding hydrogens is 346 g/mol. The monoisotopic (exact) mass is 357 g/mol. The Labute approximate surface area is 135 Å². The van der Waals surface area contributed by atoms with Crippen LogP contribution >= 0.6 is 15.9 Å². The Hall–Kier alpha value is -2.54. The number of carbonyl (C=O) groups excluding carboxylic acids is 1. The molecule has 1 amide bonds. The van der Waals surface area contributed by atoms with Crippen molar-refractivity contribution in [2.75, 3.05) is 0 Å². The fraction of sp³-hybridized carbons (Fsp3) is 0.0667. The Kier molecular flexibility index (Phi) is 4.24. The lowest BCUT2D eigenvalue weighted by Crippen LogP contribution is -2.24. The number of halogens is 1. The van der Waals surface area contributed by atoms with Gasteiger partial charge in [-0.3, -0.25) is 4.79 Å². The van der Waals surface area contributed by atoms with Crippen molar-refractivity contribution in [2.45, 2.75) is 6.54 Å². The summed E-state index contributed by atoms with van der Waals surface area (Å²) in [6.07, 6.45) is 0. The highest BCUT2D eigenvalue weighted by molar-refractivity contribution is 9.10. The number of hydrogen-bond donors (Lipinski definition) is 1. The highest BCUT2D eigenvalue weighted by Gasteiger charge is 2.13. The summed E-state index contributed by atoms with van der Waals surface area (Å²) in [7, 11) is 0. The van der Waals surface area contributed by atoms with Gasteiger partial charge in [-0.25, -0.2) is 0 Å². The lowest BCUT2D eigenvalue weighted by atomic mass is 10.2. The van der Waals surface area contributed by atoms with Crippen molar-refractivity contribution >= 4 is 21.8 Å². The van der Waals surface area contributed by atoms with E-state index in [1.165, 1.54) is 4.80 Å². The normalized spacial score (nSPS) is 10.4. The third-order valence-electron chi connectivity index (χ3n) is 2.97. The number of tetrazole rings is 1. The molecular formula is C15H12BrN5O. The van der Waals surface area contributed by atoms with Crippen LogP contribution in [0.3, 0.4) is 0 Å². The van der Waals surface area contributed by atoms with Crippen LogP contribution in [-0.4, -0.2) is 26.1 Å². The van der Waals surface area contributed by atoms with Crippen LogP contribution in [0.5, 0.6) is 0 Å². The standard InChI is InChI=1S/C15H12BrN5O/c16-12-6-8-13(9-7-12)21-19-14(18-20-21)15(22)17-10-11-4-2-1-3-5-11/h1-9H,10H2,(H,17,22). The van der Waals surface area contributed by atoms with Crippen molar-refractivity contribution in [3.63, 3.8) is 0 Å². The molecule has 110 valence electrons. The Morgan fingerprint density at radius 3 is 2.55 bits per heavy atom. The maximum absolute atomic E-state index is 12.0. The van der Waals surface area contributed by atoms with Gasteiger partial charge in [0.15, 0.2) is 0 Å². The van der Waals surface area contributed by atoms with Crippen molar-refractivity contribution < 1.29 is 4.79 Å². The summed E-state index contributed by atoms with van der Waals surface area (Å²) in [4.78, 5) is 13.3. The third-order valence-corrected chi connectivity index (χ3v) is 3.50. The zero-order chi connectivity index (χ0) is 15.4. The largest absolute Gasteiger partial charge is 0.345 e. The van der Waals surface area contributed by atoms with Crippen molar-refractivity contribution in [3.8, 4) is 5.69 Å². The molecule has 0 aliphatic rings. The summed E-state index contributed by atoms with van der Waals surface area (Å²) >= 11 is 3.36. The molecule has 0 unspecified atom stereocenters. The second-order valence-corrected chi connectivity index (χ2v) is 5.46. The maximum atomic E-state index is 12.0. The molecule has 7 heteroatoms. The van der Waals surface area contributed by atoms with Gasteiger partial charge in [0.2, 0.25) is 0 Å². The number of nitrogens with one attached hydrogen (secondary N) is 1. The van der Waals surface area contributed by atoms with Crippen LogP contribution in [0.1, 0.15) is 16.2 Å². The van der Waals surface area contributed by atoms with Gasteiger partial charge in [0.1, 0.15) is 0 Å². The fourth-order valence-electron chi connectivity index (χ4n) is 1.85. The van der Waals surface area contributed by atoms with Gasteiger partial charge in [-0.1, -0.05) is 46.3 Å². The molecule has 2 aromatic carbocycles. The SMILES string of the molecule is O=C(NCc1ccccc1)c1nnn(-c2ccc(Br)cc2)n1. The molecule has 3 rings (SSSR count). The molecule has 0 aliphatic heterocycles. The van der Waals surface area contributed by atoms with Crippen LogP contribution in [0.2, 0.25) is 0 Å². The molecule has 0 aliphatic carbocycles. The first-order chi connectivity index (χ1) is 10.7. The molecule has 0 atom stereocenters. The minimum Gasteiger partial charge on any atom is -0.345 e. The second kappa shape index (κ2) is 6.48. The van der Waals surface area contributed by atoms with Crippen LogP contribution in [0.25, 0.3) is 5.69 Å². The summed E-state index contributed by atoms with van der Waals surface area (Å²) in [5.74, 6) is -0.314. The highest BCUT2D eigenvalue weighted by Crippen LogP contribution is 2.12. The van der Waals surface area contributed by atoms with E-state index in [2.05, 4.69) is 36.7 Å². The summed E-state index contributed by atoms with van der Waals surface area (Å²) in [5.41, 5.74) is 1.74. The van der Waals surface area contributed by atoms with Gasteiger partial charge in [0.25, 0.3) is 11.7 Å². The molecule has 3 aromatic rings. The number of amides is 1. The van der Waals surface area contributed by atoms with Crippen LogP contribution in [-0.2, 0) is 6.54 Å². The molecule has 0 radical (unpaired) electrons. The van der Waals surface area contributed by atoms with E-state index < -0.39 is 0 Å². The van der Waals surface area contributed by atoms with Crippen LogP contribution < -0.4 is 5.32 Å². The summed E-state index contributed by atoms with van der Waals surface area (Å²) in [6.45, 7) is 0.423. The number of benzene rings is 2. The first-order valence-corrected chi connectivity index (χ1v) is 7.40. The lowest BCUT2D eigenvalue weighted by molar-refractivity contribution is 0.0940. The molecule has 0 fully saturated rings. The smallest absolute Gasteiger partial charge is 0.293 e. The second-order valence-electron chi connectivity index (χ2n) is 4.55. The molecule has 1 aromatic heterocycles. The molecule has 0 saturated heterocycles. The summed E-state index contributed by atoms with van der Waals surface area (Å²) in [6, 6.07) is 17.0. The van der Waals surface area contributed by atoms with Gasteiger partial charge in [-0.05, 0) is 35.0 Å². The minimum atomic E-state index is -0.354. The Balaban J connectivity index is 1.68. The number of aromatic nitrogens is 4. The van der Waals surface area contributed by atoms with Crippen molar-refractivity contribution in [1.82, 2.24) is 25.5 Å². The first kappa shape index (κ1) is 14.4. The molecule has 1 heterocycles. The summed E-state index contributed by atoms with van der Waals surface area (Å²) in [5, 5.41) is 14.5. The van der Waals surface area contributed by atoms with Crippen LogP contribution in [0.4, 0.5) is 0 Å². The van der Waals surface area contributed by atoms with E-state index in [-0.39, 0.29) is 11.7 Å². The Bertz CT molecular complexity index is 770. The van der Waals surface area contributed by atoms with E-state index in [1.54, 1.807) is 0 Å². The van der Waals surface area contributed by atoms with E-state index in [1.807, 2.05) is 54.6 Å². The van der Waals surface area contributed by atoms with Gasteiger partial charge in [-0.2, -0.15) is 0 Å². The number of rotatable bonds is 4. The van der Waals surface area contributed by atoms with E-state index in [0.29, 0.717) is 6.54 Å². The van der Waals surface area contributed by atoms with Gasteiger partial charge < -0.3 is 5.32 Å². The number of carbonyl (C=O) groups is 1. The van der Waals surface area contributed by atoms with Gasteiger partial charge >= 0.3 is 0 Å². The topological polar surface area (TPSA) is 72.7 Å². The Morgan fingerprint density at radius 2 is 1.82 bits per heavy atom. The summed E-state index contributed by atoms with van der Waals surface area (Å²) < 4.78 is 0.956. The predicted molar refractivity (Wildman–Crippen MR) is 84.5 cm³/mol. The fourth-order valence-corrected chi connectivity index (χ4v) is 2.11. The van der Waals surface area contributed by atoms with Crippen LogP contribution in [0, 0.1) is 0 Å². The lowest BCUT2D eigenvalue weighted by Gasteiger charge is -2.01. The molecule has 0 spiro atoms. The van der Waals surface area contributed by atoms with E-state index in [9.17, 15) is 4.79 Å². The zero-order valence-electron chi connectivity index (χ0n) is 11.5. The van der Waals surface area contributed by atoms with Crippen molar-refractivity contribution in [3.05, 3.63) is 70.5 Å². The molecule has 6 nitrogen and oxygen atoms in total. The third kappa shape index (κ3) is 3.37. The average Bonchev–Trinajstić information content (AvgIpc) is 3.04. The predicted octanol–water partition coefficient (Wildman–Crippen LogP) is 2.35. The Morgan fingerprint density at radius 1 is 1.09 bits per heavy atom. The molecule has 0 saturated carbocycles. The number of nitrogens with zero attached hydrogens (tertiary/aromatic N) is 4.